The minimum absolute atomic E-state index is 0.0150. The number of hydrogen-bond acceptors (Lipinski definition) is 40. The van der Waals surface area contributed by atoms with Gasteiger partial charge in [-0.05, 0) is 111 Å². The summed E-state index contributed by atoms with van der Waals surface area (Å²) >= 11 is 0. The predicted octanol–water partition coefficient (Wildman–Crippen LogP) is -8.52. The molecule has 0 aromatic heterocycles. The van der Waals surface area contributed by atoms with Crippen molar-refractivity contribution in [1.82, 2.24) is 0 Å². The van der Waals surface area contributed by atoms with E-state index in [9.17, 15) is 122 Å². The summed E-state index contributed by atoms with van der Waals surface area (Å²) < 4.78 is 96.5. The summed E-state index contributed by atoms with van der Waals surface area (Å²) in [6, 6.07) is 0. The number of allylic oxidation sites excluding steroid dienone is 2. The van der Waals surface area contributed by atoms with Crippen molar-refractivity contribution in [2.24, 2.45) is 50.2 Å². The molecule has 0 aromatic rings. The molecule has 5 aliphatic carbocycles. The van der Waals surface area contributed by atoms with Crippen LogP contribution in [0.3, 0.4) is 0 Å². The maximum absolute atomic E-state index is 16.0. The number of carboxylic acids is 1. The molecule has 0 radical (unpaired) electrons. The molecule has 8 aliphatic heterocycles. The highest BCUT2D eigenvalue weighted by atomic mass is 16.8. The van der Waals surface area contributed by atoms with Crippen LogP contribution in [0.25, 0.3) is 0 Å². The third-order valence-electron chi connectivity index (χ3n) is 28.7. The van der Waals surface area contributed by atoms with Crippen molar-refractivity contribution < 1.29 is 203 Å². The summed E-state index contributed by atoms with van der Waals surface area (Å²) in [5, 5.41) is 244. The van der Waals surface area contributed by atoms with E-state index < -0.39 is 329 Å². The summed E-state index contributed by atoms with van der Waals surface area (Å²) in [4.78, 5) is 43.4. The zero-order valence-electron chi connectivity index (χ0n) is 65.5. The van der Waals surface area contributed by atoms with Gasteiger partial charge in [-0.3, -0.25) is 4.79 Å². The number of ether oxygens (including phenoxy) is 16. The average Bonchev–Trinajstić information content (AvgIpc) is 0.688. The molecule has 0 amide bonds. The summed E-state index contributed by atoms with van der Waals surface area (Å²) in [5.74, 6) is -4.28. The number of aliphatic hydroxyl groups is 21. The van der Waals surface area contributed by atoms with Crippen molar-refractivity contribution in [3.63, 3.8) is 0 Å². The van der Waals surface area contributed by atoms with Crippen LogP contribution in [0.5, 0.6) is 0 Å². The van der Waals surface area contributed by atoms with E-state index >= 15 is 4.79 Å². The lowest BCUT2D eigenvalue weighted by atomic mass is 9.33. The predicted molar refractivity (Wildman–Crippen MR) is 375 cm³/mol. The molecule has 0 bridgehead atoms. The second-order valence-electron chi connectivity index (χ2n) is 36.1. The number of aliphatic hydroxyl groups excluding tert-OH is 20. The lowest BCUT2D eigenvalue weighted by Crippen LogP contribution is -2.69. The first-order chi connectivity index (χ1) is 54.4. The summed E-state index contributed by atoms with van der Waals surface area (Å²) in [5.41, 5.74) is -7.38. The lowest BCUT2D eigenvalue weighted by molar-refractivity contribution is -0.396. The Hall–Kier alpha value is -3.09. The fourth-order valence-corrected chi connectivity index (χ4v) is 21.5. The molecule has 46 unspecified atom stereocenters. The number of fused-ring (bicyclic) bond motifs is 7. The molecular weight excluding hydrogens is 1560 g/mol. The van der Waals surface area contributed by atoms with Crippen LogP contribution in [0.15, 0.2) is 11.6 Å². The van der Waals surface area contributed by atoms with Gasteiger partial charge >= 0.3 is 11.9 Å². The van der Waals surface area contributed by atoms with Crippen molar-refractivity contribution in [1.29, 1.82) is 0 Å². The molecule has 46 atom stereocenters. The Morgan fingerprint density at radius 3 is 1.64 bits per heavy atom. The van der Waals surface area contributed by atoms with Crippen LogP contribution in [0, 0.1) is 50.2 Å². The first-order valence-electron chi connectivity index (χ1n) is 39.9. The Labute approximate surface area is 666 Å². The second kappa shape index (κ2) is 34.1. The highest BCUT2D eigenvalue weighted by Crippen LogP contribution is 2.76. The Morgan fingerprint density at radius 2 is 1.03 bits per heavy atom. The maximum atomic E-state index is 16.0. The SMILES string of the molecule is CC1OC(OC(=O)C23CCC(C)(C)CC2C2=CCC4C5(C)CCC(OC6OC(C(=O)O)C(O)C(OC7OCC(O)C(O)C7O)C6OC6OC(CO)C(O)C(O)C6O)C(C)(C=O)C5CCC4(C)C2(C)CC3O)C(OC2OC(C)C(OC3OCC(O)C(OC4OCC(O)(CO)C4O)C3O)C(OC3OC(CO)C(O)C(O)C3O)C2O)C(O)C1O. The molecule has 664 valence electrons. The number of esters is 1. The first kappa shape index (κ1) is 90.6. The van der Waals surface area contributed by atoms with E-state index in [4.69, 9.17) is 75.8 Å². The third-order valence-corrected chi connectivity index (χ3v) is 28.7. The quantitative estimate of drug-likeness (QED) is 0.0220. The summed E-state index contributed by atoms with van der Waals surface area (Å²) in [7, 11) is 0. The second-order valence-corrected chi connectivity index (χ2v) is 36.1. The number of aldehydes is 1. The van der Waals surface area contributed by atoms with E-state index in [-0.39, 0.29) is 25.2 Å². The van der Waals surface area contributed by atoms with Gasteiger partial charge in [0.15, 0.2) is 56.2 Å². The Morgan fingerprint density at radius 1 is 0.491 bits per heavy atom. The van der Waals surface area contributed by atoms with Gasteiger partial charge in [-0.1, -0.05) is 53.2 Å². The molecule has 8 saturated heterocycles. The third kappa shape index (κ3) is 15.5. The van der Waals surface area contributed by atoms with Gasteiger partial charge in [0, 0.05) is 0 Å². The fraction of sp³-hybridized carbons (Fsp3) is 0.933. The van der Waals surface area contributed by atoms with E-state index in [0.717, 1.165) is 11.9 Å². The average molecular weight is 1680 g/mol. The zero-order chi connectivity index (χ0) is 84.7. The Balaban J connectivity index is 0.762. The van der Waals surface area contributed by atoms with E-state index in [2.05, 4.69) is 26.8 Å². The van der Waals surface area contributed by atoms with Gasteiger partial charge in [-0.25, -0.2) is 4.79 Å². The Bertz CT molecular complexity index is 3430. The number of rotatable bonds is 21. The standard InChI is InChI=1S/C75H118O41/c1-26-38(83)44(89)56(114-64-50(95)54(112-62-46(91)42(87)40(85)32(19-76)106-62)51(27(2)105-64)109-61-49(94)52(31(81)22-102-61)110-67-58(96)74(100,24-79)25-103-67)65(104-26)116-68(99)75-16-15-69(3,4)17-29(75)28-9-10-35-70(5)13-12-37(71(6,23-78)34(70)11-14-72(35,7)73(28,8)18-36(75)82)108-66-57(115-63-47(92)43(88)41(86)33(20-77)107-63)53(48(93)55(113-66)59(97)98)111-60-45(90)39(84)30(80)21-101-60/h9,23,26-27,29-58,60-67,76-77,79-96,100H,10-22,24-25H2,1-8H3,(H,97,98). The largest absolute Gasteiger partial charge is 0.479 e. The molecule has 116 heavy (non-hydrogen) atoms. The number of carbonyl (C=O) groups excluding carboxylic acids is 2. The van der Waals surface area contributed by atoms with Crippen molar-refractivity contribution in [2.45, 2.75) is 346 Å². The van der Waals surface area contributed by atoms with Crippen LogP contribution in [-0.2, 0) is 90.2 Å². The normalized spacial score (nSPS) is 54.9. The number of hydrogen-bond donors (Lipinski definition) is 22. The monoisotopic (exact) mass is 1670 g/mol. The van der Waals surface area contributed by atoms with Crippen molar-refractivity contribution in [2.75, 3.05) is 39.6 Å². The topological polar surface area (TPSA) is 644 Å². The molecule has 0 spiro atoms. The van der Waals surface area contributed by atoms with Crippen LogP contribution in [0.1, 0.15) is 113 Å². The minimum atomic E-state index is -2.24. The minimum Gasteiger partial charge on any atom is -0.479 e. The molecule has 13 rings (SSSR count). The molecule has 12 fully saturated rings. The van der Waals surface area contributed by atoms with Crippen LogP contribution in [-0.4, -0.2) is 403 Å². The highest BCUT2D eigenvalue weighted by molar-refractivity contribution is 5.80. The van der Waals surface area contributed by atoms with Crippen LogP contribution < -0.4 is 0 Å². The summed E-state index contributed by atoms with van der Waals surface area (Å²) in [6.45, 7) is 10.2. The van der Waals surface area contributed by atoms with Gasteiger partial charge in [0.25, 0.3) is 0 Å². The van der Waals surface area contributed by atoms with E-state index in [0.29, 0.717) is 38.5 Å². The number of carboxylic acid groups (broad SMARTS) is 1. The molecular formula is C75H118O41. The van der Waals surface area contributed by atoms with Crippen LogP contribution in [0.4, 0.5) is 0 Å². The van der Waals surface area contributed by atoms with Crippen molar-refractivity contribution >= 4 is 18.2 Å². The van der Waals surface area contributed by atoms with Gasteiger partial charge in [0.1, 0.15) is 158 Å². The molecule has 41 heteroatoms. The fourth-order valence-electron chi connectivity index (χ4n) is 21.5. The molecule has 0 aromatic carbocycles. The molecule has 8 heterocycles. The van der Waals surface area contributed by atoms with Gasteiger partial charge in [-0.15, -0.1) is 0 Å². The lowest BCUT2D eigenvalue weighted by Gasteiger charge is -2.71. The van der Waals surface area contributed by atoms with Crippen molar-refractivity contribution in [3.8, 4) is 0 Å². The van der Waals surface area contributed by atoms with Gasteiger partial charge in [-0.2, -0.15) is 0 Å². The van der Waals surface area contributed by atoms with Crippen LogP contribution >= 0.6 is 0 Å². The number of aliphatic carboxylic acids is 1. The van der Waals surface area contributed by atoms with Crippen LogP contribution in [0.2, 0.25) is 0 Å². The smallest absolute Gasteiger partial charge is 0.335 e. The van der Waals surface area contributed by atoms with E-state index in [1.165, 1.54) is 13.8 Å². The highest BCUT2D eigenvalue weighted by Gasteiger charge is 2.74. The number of carbonyl (C=O) groups is 3. The van der Waals surface area contributed by atoms with Gasteiger partial charge < -0.3 is 193 Å². The van der Waals surface area contributed by atoms with Crippen molar-refractivity contribution in [3.05, 3.63) is 11.6 Å². The molecule has 13 aliphatic rings. The summed E-state index contributed by atoms with van der Waals surface area (Å²) in [6.07, 6.45) is -63.7. The zero-order valence-corrected chi connectivity index (χ0v) is 65.5. The van der Waals surface area contributed by atoms with Gasteiger partial charge in [0.05, 0.1) is 69.5 Å². The van der Waals surface area contributed by atoms with E-state index in [1.807, 2.05) is 13.8 Å². The van der Waals surface area contributed by atoms with E-state index in [1.54, 1.807) is 6.92 Å². The van der Waals surface area contributed by atoms with Gasteiger partial charge in [0.2, 0.25) is 6.29 Å². The maximum Gasteiger partial charge on any atom is 0.335 e. The first-order valence-corrected chi connectivity index (χ1v) is 39.9. The molecule has 4 saturated carbocycles. The molecule has 22 N–H and O–H groups in total. The molecule has 41 nitrogen and oxygen atoms in total. The Kier molecular flexibility index (Phi) is 26.6.